The van der Waals surface area contributed by atoms with Crippen LogP contribution < -0.4 is 0 Å². The summed E-state index contributed by atoms with van der Waals surface area (Å²) in [6.07, 6.45) is -1.83. The first-order valence-electron chi connectivity index (χ1n) is 1.35. The van der Waals surface area contributed by atoms with Crippen LogP contribution in [0.3, 0.4) is 0 Å². The van der Waals surface area contributed by atoms with E-state index >= 15 is 0 Å². The molecular weight excluding hydrogens is 276 g/mol. The van der Waals surface area contributed by atoms with E-state index in [0.29, 0.717) is 0 Å². The van der Waals surface area contributed by atoms with Gasteiger partial charge in [0.15, 0.2) is 0 Å². The van der Waals surface area contributed by atoms with Crippen molar-refractivity contribution in [3.05, 3.63) is 0 Å². The van der Waals surface area contributed by atoms with E-state index in [1.165, 1.54) is 0 Å². The van der Waals surface area contributed by atoms with Gasteiger partial charge in [-0.15, -0.1) is 0 Å². The second kappa shape index (κ2) is 16.4. The van der Waals surface area contributed by atoms with Crippen LogP contribution in [0.1, 0.15) is 8.56 Å². The van der Waals surface area contributed by atoms with Crippen molar-refractivity contribution in [3.63, 3.8) is 0 Å². The number of rotatable bonds is 0. The maximum absolute atomic E-state index is 8.74. The monoisotopic (exact) mass is 286 g/mol. The number of hydrogen-bond acceptors (Lipinski definition) is 3. The van der Waals surface area contributed by atoms with Crippen LogP contribution in [0.4, 0.5) is 4.79 Å². The smallest absolute Gasteiger partial charge is 1.00 e. The van der Waals surface area contributed by atoms with Gasteiger partial charge in [-0.3, -0.25) is 9.11 Å². The van der Waals surface area contributed by atoms with Gasteiger partial charge in [-0.1, -0.05) is 0 Å². The Kier molecular flexibility index (Phi) is 40.0. The molecule has 0 rings (SSSR count). The molecule has 0 aliphatic carbocycles. The summed E-state index contributed by atoms with van der Waals surface area (Å²) in [7, 11) is -4.67. The molecule has 68 valence electrons. The molecular formula is CH10Ca3O7S. The maximum atomic E-state index is 8.74. The molecule has 11 heteroatoms. The van der Waals surface area contributed by atoms with Gasteiger partial charge in [0.25, 0.3) is 0 Å². The third-order valence-corrected chi connectivity index (χ3v) is 0. The predicted molar refractivity (Wildman–Crippen MR) is 48.8 cm³/mol. The van der Waals surface area contributed by atoms with E-state index < -0.39 is 16.6 Å². The van der Waals surface area contributed by atoms with Crippen LogP contribution in [0.2, 0.25) is 0 Å². The van der Waals surface area contributed by atoms with Gasteiger partial charge < -0.3 is 18.8 Å². The molecule has 0 aromatic carbocycles. The van der Waals surface area contributed by atoms with E-state index in [4.69, 9.17) is 32.5 Å². The van der Waals surface area contributed by atoms with E-state index in [-0.39, 0.29) is 122 Å². The predicted octanol–water partition coefficient (Wildman–Crippen LogP) is -0.898. The SMILES string of the molecule is O=C(O)O.O=S(=O)(O)O.[Ca+2].[Ca+2].[Ca+2].[H-].[H-].[H-].[H-].[H-].[H-]. The van der Waals surface area contributed by atoms with E-state index in [0.717, 1.165) is 0 Å². The molecule has 12 heavy (non-hydrogen) atoms. The second-order valence-corrected chi connectivity index (χ2v) is 1.63. The summed E-state index contributed by atoms with van der Waals surface area (Å²) in [5.74, 6) is 0. The van der Waals surface area contributed by atoms with Crippen molar-refractivity contribution < 1.29 is 41.1 Å². The molecule has 7 nitrogen and oxygen atoms in total. The van der Waals surface area contributed by atoms with E-state index in [2.05, 4.69) is 0 Å². The topological polar surface area (TPSA) is 132 Å². The van der Waals surface area contributed by atoms with Crippen molar-refractivity contribution >= 4 is 130 Å². The molecule has 0 saturated heterocycles. The molecule has 0 amide bonds. The van der Waals surface area contributed by atoms with Crippen molar-refractivity contribution in [1.82, 2.24) is 0 Å². The largest absolute Gasteiger partial charge is 2.00 e. The normalized spacial score (nSPS) is 6.83. The van der Waals surface area contributed by atoms with Crippen LogP contribution in [-0.4, -0.2) is 147 Å². The fourth-order valence-electron chi connectivity index (χ4n) is 0. The zero-order valence-electron chi connectivity index (χ0n) is 12.0. The van der Waals surface area contributed by atoms with Gasteiger partial charge in [0.1, 0.15) is 0 Å². The summed E-state index contributed by atoms with van der Waals surface area (Å²) >= 11 is 0. The van der Waals surface area contributed by atoms with Crippen LogP contribution in [0.25, 0.3) is 0 Å². The molecule has 0 heterocycles. The molecule has 4 N–H and O–H groups in total. The summed E-state index contributed by atoms with van der Waals surface area (Å²) in [6, 6.07) is 0. The minimum Gasteiger partial charge on any atom is -1.00 e. The Hall–Kier alpha value is 2.92. The van der Waals surface area contributed by atoms with Crippen LogP contribution >= 0.6 is 0 Å². The van der Waals surface area contributed by atoms with Gasteiger partial charge >= 0.3 is 130 Å². The summed E-state index contributed by atoms with van der Waals surface area (Å²) in [5.41, 5.74) is 0. The van der Waals surface area contributed by atoms with Gasteiger partial charge in [-0.05, 0) is 0 Å². The third kappa shape index (κ3) is 215. The first-order valence-corrected chi connectivity index (χ1v) is 2.75. The molecule has 0 atom stereocenters. The first kappa shape index (κ1) is 29.4. The standard InChI is InChI=1S/CH2O3.3Ca.H2O4S.6H/c2-1(3)4;;;;1-5(2,3)4;;;;;;/h(H2,2,3,4);;;;(H2,1,2,3,4);;;;;;/q;3*+2;;6*-1. The molecule has 0 spiro atoms. The Labute approximate surface area is 167 Å². The van der Waals surface area contributed by atoms with Crippen LogP contribution in [-0.2, 0) is 10.4 Å². The van der Waals surface area contributed by atoms with Gasteiger partial charge in [0.2, 0.25) is 0 Å². The van der Waals surface area contributed by atoms with Crippen LogP contribution in [0.15, 0.2) is 0 Å². The van der Waals surface area contributed by atoms with Gasteiger partial charge in [-0.2, -0.15) is 8.42 Å². The van der Waals surface area contributed by atoms with E-state index in [1.807, 2.05) is 0 Å². The number of hydrogen-bond donors (Lipinski definition) is 4. The summed E-state index contributed by atoms with van der Waals surface area (Å²) < 4.78 is 31.6. The Morgan fingerprint density at radius 1 is 1.00 bits per heavy atom. The van der Waals surface area contributed by atoms with E-state index in [1.54, 1.807) is 0 Å². The maximum Gasteiger partial charge on any atom is 2.00 e. The van der Waals surface area contributed by atoms with Gasteiger partial charge in [-0.25, -0.2) is 4.79 Å². The Balaban J connectivity index is -0.00000000406. The summed E-state index contributed by atoms with van der Waals surface area (Å²) in [4.78, 5) is 8.56. The average Bonchev–Trinajstić information content (AvgIpc) is 1.19. The van der Waals surface area contributed by atoms with Crippen molar-refractivity contribution in [1.29, 1.82) is 0 Å². The van der Waals surface area contributed by atoms with Crippen molar-refractivity contribution in [2.75, 3.05) is 0 Å². The third-order valence-electron chi connectivity index (χ3n) is 0. The Morgan fingerprint density at radius 2 is 1.00 bits per heavy atom. The second-order valence-electron chi connectivity index (χ2n) is 0.730. The van der Waals surface area contributed by atoms with Crippen molar-refractivity contribution in [2.45, 2.75) is 0 Å². The fourth-order valence-corrected chi connectivity index (χ4v) is 0. The van der Waals surface area contributed by atoms with E-state index in [9.17, 15) is 0 Å². The average molecular weight is 286 g/mol. The summed E-state index contributed by atoms with van der Waals surface area (Å²) in [6.45, 7) is 0. The molecule has 0 fully saturated rings. The van der Waals surface area contributed by atoms with Gasteiger partial charge in [0.05, 0.1) is 0 Å². The zero-order valence-corrected chi connectivity index (χ0v) is 13.5. The summed E-state index contributed by atoms with van der Waals surface area (Å²) in [5, 5.41) is 13.9. The number of carbonyl (C=O) groups is 1. The molecule has 0 aromatic heterocycles. The molecule has 0 aromatic rings. The van der Waals surface area contributed by atoms with Crippen molar-refractivity contribution in [2.24, 2.45) is 0 Å². The quantitative estimate of drug-likeness (QED) is 0.335. The van der Waals surface area contributed by atoms with Gasteiger partial charge in [0, 0.05) is 0 Å². The first-order chi connectivity index (χ1) is 3.73. The molecule has 0 aliphatic rings. The Bertz CT molecular complexity index is 178. The van der Waals surface area contributed by atoms with Crippen LogP contribution in [0.5, 0.6) is 0 Å². The fraction of sp³-hybridized carbons (Fsp3) is 0. The minimum absolute atomic E-state index is 0. The molecule has 0 saturated carbocycles. The van der Waals surface area contributed by atoms with Crippen molar-refractivity contribution in [3.8, 4) is 0 Å². The molecule has 0 radical (unpaired) electrons. The molecule has 0 unspecified atom stereocenters. The zero-order chi connectivity index (χ0) is 8.08. The minimum atomic E-state index is -4.67. The molecule has 0 aliphatic heterocycles. The molecule has 0 bridgehead atoms. The number of carboxylic acid groups (broad SMARTS) is 2. The Morgan fingerprint density at radius 3 is 1.00 bits per heavy atom. The van der Waals surface area contributed by atoms with Crippen LogP contribution in [0, 0.1) is 0 Å².